The number of hydrogen-bond acceptors (Lipinski definition) is 5. The number of benzene rings is 2. The normalized spacial score (nSPS) is 13.9. The van der Waals surface area contributed by atoms with Crippen molar-refractivity contribution >= 4 is 40.0 Å². The van der Waals surface area contributed by atoms with Gasteiger partial charge in [0.1, 0.15) is 5.52 Å². The van der Waals surface area contributed by atoms with Gasteiger partial charge in [-0.2, -0.15) is 0 Å². The molecule has 8 heteroatoms. The van der Waals surface area contributed by atoms with Gasteiger partial charge in [-0.1, -0.05) is 18.2 Å². The van der Waals surface area contributed by atoms with Gasteiger partial charge in [0.25, 0.3) is 0 Å². The summed E-state index contributed by atoms with van der Waals surface area (Å²) in [5.41, 5.74) is 3.78. The molecule has 1 fully saturated rings. The van der Waals surface area contributed by atoms with Gasteiger partial charge in [-0.3, -0.25) is 0 Å². The van der Waals surface area contributed by atoms with E-state index in [9.17, 15) is 0 Å². The monoisotopic (exact) mass is 430 g/mol. The van der Waals surface area contributed by atoms with Gasteiger partial charge in [-0.05, 0) is 60.7 Å². The summed E-state index contributed by atoms with van der Waals surface area (Å²) < 4.78 is 7.38. The minimum atomic E-state index is 0.540. The van der Waals surface area contributed by atoms with Crippen LogP contribution in [-0.2, 0) is 4.74 Å². The maximum Gasteiger partial charge on any atom is 0.182 e. The van der Waals surface area contributed by atoms with Crippen molar-refractivity contribution in [1.82, 2.24) is 14.6 Å². The number of para-hydroxylation sites is 1. The van der Waals surface area contributed by atoms with Gasteiger partial charge < -0.3 is 20.3 Å². The average Bonchev–Trinajstić information content (AvgIpc) is 3.29. The van der Waals surface area contributed by atoms with E-state index in [2.05, 4.69) is 15.5 Å². The van der Waals surface area contributed by atoms with E-state index < -0.39 is 0 Å². The molecule has 0 atom stereocenters. The molecule has 0 unspecified atom stereocenters. The molecule has 2 aromatic carbocycles. The summed E-state index contributed by atoms with van der Waals surface area (Å²) in [5.74, 6) is 1.62. The average molecular weight is 431 g/mol. The quantitative estimate of drug-likeness (QED) is 0.474. The van der Waals surface area contributed by atoms with Gasteiger partial charge in [-0.15, -0.1) is 5.10 Å². The first-order chi connectivity index (χ1) is 15.3. The predicted molar refractivity (Wildman–Crippen MR) is 128 cm³/mol. The molecule has 0 saturated carbocycles. The van der Waals surface area contributed by atoms with E-state index in [1.807, 2.05) is 77.4 Å². The van der Waals surface area contributed by atoms with E-state index >= 15 is 0 Å². The fraction of sp³-hybridized carbons (Fsp3) is 0.174. The van der Waals surface area contributed by atoms with Crippen LogP contribution in [0.4, 0.5) is 17.2 Å². The van der Waals surface area contributed by atoms with Crippen molar-refractivity contribution in [3.05, 3.63) is 72.9 Å². The lowest BCUT2D eigenvalue weighted by Crippen LogP contribution is -2.37. The van der Waals surface area contributed by atoms with E-state index in [1.165, 1.54) is 0 Å². The third-order valence-corrected chi connectivity index (χ3v) is 5.32. The molecule has 31 heavy (non-hydrogen) atoms. The Kier molecular flexibility index (Phi) is 5.47. The molecule has 0 bridgehead atoms. The number of rotatable bonds is 4. The number of hydrogen-bond donors (Lipinski definition) is 2. The third-order valence-electron chi connectivity index (χ3n) is 5.11. The van der Waals surface area contributed by atoms with Gasteiger partial charge in [0.15, 0.2) is 16.8 Å². The second-order valence-electron chi connectivity index (χ2n) is 7.22. The highest BCUT2D eigenvalue weighted by molar-refractivity contribution is 7.80. The second kappa shape index (κ2) is 8.71. The van der Waals surface area contributed by atoms with Crippen molar-refractivity contribution in [2.75, 3.05) is 41.8 Å². The molecule has 156 valence electrons. The van der Waals surface area contributed by atoms with Gasteiger partial charge >= 0.3 is 0 Å². The summed E-state index contributed by atoms with van der Waals surface area (Å²) in [7, 11) is 0. The highest BCUT2D eigenvalue weighted by atomic mass is 32.1. The van der Waals surface area contributed by atoms with Gasteiger partial charge in [0, 0.05) is 36.2 Å². The Hall–Kier alpha value is -3.49. The Morgan fingerprint density at radius 3 is 2.32 bits per heavy atom. The molecule has 0 aliphatic carbocycles. The van der Waals surface area contributed by atoms with Crippen LogP contribution in [0.25, 0.3) is 16.9 Å². The highest BCUT2D eigenvalue weighted by Gasteiger charge is 2.18. The van der Waals surface area contributed by atoms with E-state index in [4.69, 9.17) is 27.0 Å². The van der Waals surface area contributed by atoms with Crippen molar-refractivity contribution in [2.24, 2.45) is 0 Å². The molecule has 0 spiro atoms. The number of aromatic nitrogens is 3. The maximum atomic E-state index is 5.50. The number of ether oxygens (including phenoxy) is 1. The topological polar surface area (TPSA) is 66.7 Å². The van der Waals surface area contributed by atoms with Crippen molar-refractivity contribution in [3.63, 3.8) is 0 Å². The number of nitrogens with one attached hydrogen (secondary N) is 2. The molecular formula is C23H22N6OS. The smallest absolute Gasteiger partial charge is 0.182 e. The number of thiocarbonyl (C=S) groups is 1. The number of morpholine rings is 1. The minimum Gasteiger partial charge on any atom is -0.378 e. The van der Waals surface area contributed by atoms with Crippen LogP contribution in [0.2, 0.25) is 0 Å². The lowest BCUT2D eigenvalue weighted by Gasteiger charge is -2.28. The van der Waals surface area contributed by atoms with Crippen LogP contribution in [0.3, 0.4) is 0 Å². The summed E-state index contributed by atoms with van der Waals surface area (Å²) in [4.78, 5) is 7.15. The summed E-state index contributed by atoms with van der Waals surface area (Å²) in [6, 6.07) is 21.8. The molecule has 0 radical (unpaired) electrons. The highest BCUT2D eigenvalue weighted by Crippen LogP contribution is 2.25. The van der Waals surface area contributed by atoms with Crippen LogP contribution in [0, 0.1) is 0 Å². The van der Waals surface area contributed by atoms with Crippen molar-refractivity contribution in [2.45, 2.75) is 0 Å². The molecule has 3 heterocycles. The zero-order valence-electron chi connectivity index (χ0n) is 16.9. The number of fused-ring (bicyclic) bond motifs is 1. The van der Waals surface area contributed by atoms with E-state index in [0.717, 1.165) is 41.4 Å². The zero-order valence-corrected chi connectivity index (χ0v) is 17.7. The van der Waals surface area contributed by atoms with Crippen molar-refractivity contribution in [3.8, 4) is 11.4 Å². The Bertz CT molecular complexity index is 1190. The van der Waals surface area contributed by atoms with Crippen LogP contribution in [-0.4, -0.2) is 46.0 Å². The molecule has 2 aromatic heterocycles. The Balaban J connectivity index is 1.36. The Labute approximate surface area is 185 Å². The fourth-order valence-electron chi connectivity index (χ4n) is 3.57. The lowest BCUT2D eigenvalue weighted by atomic mass is 10.2. The molecule has 1 saturated heterocycles. The molecule has 0 amide bonds. The number of nitrogens with zero attached hydrogens (tertiary/aromatic N) is 4. The molecule has 2 N–H and O–H groups in total. The lowest BCUT2D eigenvalue weighted by molar-refractivity contribution is 0.122. The summed E-state index contributed by atoms with van der Waals surface area (Å²) in [6.45, 7) is 3.07. The molecule has 4 aromatic rings. The Morgan fingerprint density at radius 1 is 0.871 bits per heavy atom. The van der Waals surface area contributed by atoms with Crippen LogP contribution >= 0.6 is 12.2 Å². The van der Waals surface area contributed by atoms with E-state index in [0.29, 0.717) is 24.2 Å². The molecule has 1 aliphatic rings. The van der Waals surface area contributed by atoms with Gasteiger partial charge in [0.2, 0.25) is 0 Å². The molecular weight excluding hydrogens is 408 g/mol. The van der Waals surface area contributed by atoms with Gasteiger partial charge in [0.05, 0.1) is 13.2 Å². The maximum absolute atomic E-state index is 5.50. The first kappa shape index (κ1) is 19.5. The summed E-state index contributed by atoms with van der Waals surface area (Å²) in [6.07, 6.45) is 1.95. The SMILES string of the molecule is S=C(Nc1ccccc1)Nc1ccc(-c2nc(N3CCOCC3)c3cccn3n2)cc1. The van der Waals surface area contributed by atoms with Crippen molar-refractivity contribution < 1.29 is 4.74 Å². The third kappa shape index (κ3) is 4.35. The van der Waals surface area contributed by atoms with Gasteiger partial charge in [-0.25, -0.2) is 9.50 Å². The van der Waals surface area contributed by atoms with Crippen LogP contribution in [0.5, 0.6) is 0 Å². The standard InChI is InChI=1S/C23H22N6OS/c31-23(24-18-5-2-1-3-6-18)25-19-10-8-17(9-11-19)21-26-22(28-13-15-30-16-14-28)20-7-4-12-29(20)27-21/h1-12H,13-16H2,(H2,24,25,31). The first-order valence-corrected chi connectivity index (χ1v) is 10.6. The number of anilines is 3. The van der Waals surface area contributed by atoms with Crippen LogP contribution in [0.1, 0.15) is 0 Å². The summed E-state index contributed by atoms with van der Waals surface area (Å²) >= 11 is 5.41. The van der Waals surface area contributed by atoms with Crippen LogP contribution < -0.4 is 15.5 Å². The van der Waals surface area contributed by atoms with Crippen molar-refractivity contribution in [1.29, 1.82) is 0 Å². The largest absolute Gasteiger partial charge is 0.378 e. The minimum absolute atomic E-state index is 0.540. The zero-order chi connectivity index (χ0) is 21.0. The van der Waals surface area contributed by atoms with E-state index in [-0.39, 0.29) is 0 Å². The predicted octanol–water partition coefficient (Wildman–Crippen LogP) is 4.04. The fourth-order valence-corrected chi connectivity index (χ4v) is 3.80. The second-order valence-corrected chi connectivity index (χ2v) is 7.63. The summed E-state index contributed by atoms with van der Waals surface area (Å²) in [5, 5.41) is 11.6. The van der Waals surface area contributed by atoms with Crippen LogP contribution in [0.15, 0.2) is 72.9 Å². The van der Waals surface area contributed by atoms with E-state index in [1.54, 1.807) is 0 Å². The molecule has 7 nitrogen and oxygen atoms in total. The molecule has 1 aliphatic heterocycles. The molecule has 5 rings (SSSR count). The Morgan fingerprint density at radius 2 is 1.58 bits per heavy atom. The first-order valence-electron chi connectivity index (χ1n) is 10.2.